The highest BCUT2D eigenvalue weighted by atomic mass is 16.5. The van der Waals surface area contributed by atoms with Crippen LogP contribution < -0.4 is 10.1 Å². The fraction of sp³-hybridized carbons (Fsp3) is 0.353. The van der Waals surface area contributed by atoms with Gasteiger partial charge in [0.15, 0.2) is 0 Å². The molecule has 1 saturated heterocycles. The van der Waals surface area contributed by atoms with Crippen LogP contribution in [0.3, 0.4) is 0 Å². The smallest absolute Gasteiger partial charge is 0.322 e. The highest BCUT2D eigenvalue weighted by molar-refractivity contribution is 5.91. The molecule has 23 heavy (non-hydrogen) atoms. The first kappa shape index (κ1) is 15.3. The van der Waals surface area contributed by atoms with Gasteiger partial charge in [0.25, 0.3) is 0 Å². The third-order valence-corrected chi connectivity index (χ3v) is 3.90. The van der Waals surface area contributed by atoms with Gasteiger partial charge in [-0.25, -0.2) is 9.78 Å². The standard InChI is InChI=1S/C17H20N4O2/c1-2-23-16-14(5-3-9-19-16)20-17(22)21-12-4-6-15(21)13-7-10-18-11-8-13/h3,5,7-11,15H,2,4,6,12H2,1H3,(H,20,22). The summed E-state index contributed by atoms with van der Waals surface area (Å²) >= 11 is 0. The Morgan fingerprint density at radius 2 is 2.17 bits per heavy atom. The van der Waals surface area contributed by atoms with Gasteiger partial charge >= 0.3 is 6.03 Å². The van der Waals surface area contributed by atoms with Crippen LogP contribution >= 0.6 is 0 Å². The molecule has 1 unspecified atom stereocenters. The van der Waals surface area contributed by atoms with Gasteiger partial charge in [0.1, 0.15) is 5.69 Å². The van der Waals surface area contributed by atoms with Crippen LogP contribution in [0.1, 0.15) is 31.4 Å². The minimum atomic E-state index is -0.127. The number of likely N-dealkylation sites (tertiary alicyclic amines) is 1. The number of ether oxygens (including phenoxy) is 1. The quantitative estimate of drug-likeness (QED) is 0.941. The van der Waals surface area contributed by atoms with Gasteiger partial charge in [-0.05, 0) is 49.6 Å². The summed E-state index contributed by atoms with van der Waals surface area (Å²) in [6, 6.07) is 7.47. The molecule has 120 valence electrons. The van der Waals surface area contributed by atoms with E-state index in [0.717, 1.165) is 24.9 Å². The van der Waals surface area contributed by atoms with Crippen LogP contribution in [-0.4, -0.2) is 34.1 Å². The van der Waals surface area contributed by atoms with Crippen molar-refractivity contribution < 1.29 is 9.53 Å². The van der Waals surface area contributed by atoms with Gasteiger partial charge < -0.3 is 15.0 Å². The summed E-state index contributed by atoms with van der Waals surface area (Å²) in [6.07, 6.45) is 7.13. The highest BCUT2D eigenvalue weighted by Crippen LogP contribution is 2.32. The van der Waals surface area contributed by atoms with Gasteiger partial charge in [0, 0.05) is 25.1 Å². The number of pyridine rings is 2. The third kappa shape index (κ3) is 3.41. The number of carbonyl (C=O) groups is 1. The van der Waals surface area contributed by atoms with Crippen LogP contribution in [0.25, 0.3) is 0 Å². The van der Waals surface area contributed by atoms with Crippen LogP contribution in [0.15, 0.2) is 42.9 Å². The van der Waals surface area contributed by atoms with E-state index in [1.54, 1.807) is 30.7 Å². The molecule has 0 radical (unpaired) electrons. The summed E-state index contributed by atoms with van der Waals surface area (Å²) in [4.78, 5) is 22.7. The molecule has 0 saturated carbocycles. The van der Waals surface area contributed by atoms with E-state index < -0.39 is 0 Å². The van der Waals surface area contributed by atoms with E-state index in [0.29, 0.717) is 18.2 Å². The first-order valence-corrected chi connectivity index (χ1v) is 7.85. The van der Waals surface area contributed by atoms with Gasteiger partial charge in [-0.1, -0.05) is 0 Å². The summed E-state index contributed by atoms with van der Waals surface area (Å²) in [5.41, 5.74) is 1.71. The molecule has 1 N–H and O–H groups in total. The number of hydrogen-bond donors (Lipinski definition) is 1. The van der Waals surface area contributed by atoms with Crippen LogP contribution in [0.4, 0.5) is 10.5 Å². The summed E-state index contributed by atoms with van der Waals surface area (Å²) in [6.45, 7) is 3.13. The second-order valence-corrected chi connectivity index (χ2v) is 5.35. The molecular formula is C17H20N4O2. The zero-order chi connectivity index (χ0) is 16.1. The lowest BCUT2D eigenvalue weighted by atomic mass is 10.1. The highest BCUT2D eigenvalue weighted by Gasteiger charge is 2.30. The van der Waals surface area contributed by atoms with Crippen molar-refractivity contribution in [2.75, 3.05) is 18.5 Å². The Morgan fingerprint density at radius 3 is 2.96 bits per heavy atom. The van der Waals surface area contributed by atoms with E-state index in [4.69, 9.17) is 4.74 Å². The molecule has 1 atom stereocenters. The van der Waals surface area contributed by atoms with Crippen LogP contribution in [0, 0.1) is 0 Å². The van der Waals surface area contributed by atoms with Gasteiger partial charge in [-0.15, -0.1) is 0 Å². The summed E-state index contributed by atoms with van der Waals surface area (Å²) in [5.74, 6) is 0.447. The number of urea groups is 1. The normalized spacial score (nSPS) is 17.1. The maximum Gasteiger partial charge on any atom is 0.322 e. The average molecular weight is 312 g/mol. The van der Waals surface area contributed by atoms with Gasteiger partial charge in [0.2, 0.25) is 5.88 Å². The molecule has 0 bridgehead atoms. The molecule has 0 aromatic carbocycles. The van der Waals surface area contributed by atoms with Crippen LogP contribution in [0.5, 0.6) is 5.88 Å². The Balaban J connectivity index is 1.75. The molecule has 2 amide bonds. The molecule has 2 aromatic heterocycles. The molecular weight excluding hydrogens is 292 g/mol. The topological polar surface area (TPSA) is 67.3 Å². The maximum absolute atomic E-state index is 12.7. The lowest BCUT2D eigenvalue weighted by Crippen LogP contribution is -2.34. The Morgan fingerprint density at radius 1 is 1.35 bits per heavy atom. The van der Waals surface area contributed by atoms with E-state index in [9.17, 15) is 4.79 Å². The number of amides is 2. The second kappa shape index (κ2) is 7.09. The van der Waals surface area contributed by atoms with Crippen molar-refractivity contribution in [2.24, 2.45) is 0 Å². The fourth-order valence-electron chi connectivity index (χ4n) is 2.87. The SMILES string of the molecule is CCOc1ncccc1NC(=O)N1CCCC1c1ccncc1. The maximum atomic E-state index is 12.7. The summed E-state index contributed by atoms with van der Waals surface area (Å²) in [7, 11) is 0. The molecule has 3 heterocycles. The molecule has 6 nitrogen and oxygen atoms in total. The van der Waals surface area contributed by atoms with Crippen molar-refractivity contribution in [1.29, 1.82) is 0 Å². The zero-order valence-corrected chi connectivity index (χ0v) is 13.1. The van der Waals surface area contributed by atoms with E-state index in [1.807, 2.05) is 24.0 Å². The van der Waals surface area contributed by atoms with Crippen molar-refractivity contribution in [3.63, 3.8) is 0 Å². The van der Waals surface area contributed by atoms with Crippen molar-refractivity contribution >= 4 is 11.7 Å². The summed E-state index contributed by atoms with van der Waals surface area (Å²) in [5, 5.41) is 2.92. The number of nitrogens with zero attached hydrogens (tertiary/aromatic N) is 3. The molecule has 0 spiro atoms. The van der Waals surface area contributed by atoms with Crippen molar-refractivity contribution in [1.82, 2.24) is 14.9 Å². The predicted octanol–water partition coefficient (Wildman–Crippen LogP) is 3.24. The number of rotatable bonds is 4. The lowest BCUT2D eigenvalue weighted by Gasteiger charge is -2.25. The van der Waals surface area contributed by atoms with Gasteiger partial charge in [-0.3, -0.25) is 4.98 Å². The second-order valence-electron chi connectivity index (χ2n) is 5.35. The largest absolute Gasteiger partial charge is 0.476 e. The average Bonchev–Trinajstić information content (AvgIpc) is 3.07. The van der Waals surface area contributed by atoms with E-state index >= 15 is 0 Å². The molecule has 1 fully saturated rings. The lowest BCUT2D eigenvalue weighted by molar-refractivity contribution is 0.207. The molecule has 3 rings (SSSR count). The van der Waals surface area contributed by atoms with Crippen molar-refractivity contribution in [2.45, 2.75) is 25.8 Å². The Labute approximate surface area is 135 Å². The Hall–Kier alpha value is -2.63. The number of nitrogens with one attached hydrogen (secondary N) is 1. The van der Waals surface area contributed by atoms with Crippen LogP contribution in [-0.2, 0) is 0 Å². The monoisotopic (exact) mass is 312 g/mol. The van der Waals surface area contributed by atoms with E-state index in [1.165, 1.54) is 0 Å². The first-order chi connectivity index (χ1) is 11.3. The molecule has 1 aliphatic rings. The predicted molar refractivity (Wildman–Crippen MR) is 87.3 cm³/mol. The Kier molecular flexibility index (Phi) is 4.71. The number of aromatic nitrogens is 2. The van der Waals surface area contributed by atoms with Gasteiger partial charge in [0.05, 0.1) is 12.6 Å². The molecule has 0 aliphatic carbocycles. The minimum absolute atomic E-state index is 0.0882. The molecule has 2 aromatic rings. The summed E-state index contributed by atoms with van der Waals surface area (Å²) < 4.78 is 5.46. The van der Waals surface area contributed by atoms with Gasteiger partial charge in [-0.2, -0.15) is 0 Å². The van der Waals surface area contributed by atoms with E-state index in [-0.39, 0.29) is 12.1 Å². The molecule has 6 heteroatoms. The van der Waals surface area contributed by atoms with Crippen LogP contribution in [0.2, 0.25) is 0 Å². The van der Waals surface area contributed by atoms with Crippen molar-refractivity contribution in [3.8, 4) is 5.88 Å². The third-order valence-electron chi connectivity index (χ3n) is 3.90. The number of anilines is 1. The fourth-order valence-corrected chi connectivity index (χ4v) is 2.87. The van der Waals surface area contributed by atoms with E-state index in [2.05, 4.69) is 15.3 Å². The first-order valence-electron chi connectivity index (χ1n) is 7.85. The number of hydrogen-bond acceptors (Lipinski definition) is 4. The molecule has 1 aliphatic heterocycles. The number of carbonyl (C=O) groups excluding carboxylic acids is 1. The van der Waals surface area contributed by atoms with Crippen molar-refractivity contribution in [3.05, 3.63) is 48.4 Å². The Bertz CT molecular complexity index is 663. The minimum Gasteiger partial charge on any atom is -0.476 e. The zero-order valence-electron chi connectivity index (χ0n) is 13.1.